The summed E-state index contributed by atoms with van der Waals surface area (Å²) in [5, 5.41) is 9.43. The van der Waals surface area contributed by atoms with Crippen LogP contribution in [0, 0.1) is 0 Å². The molecule has 0 amide bonds. The number of hydrogen-bond donors (Lipinski definition) is 2. The molecule has 0 fully saturated rings. The van der Waals surface area contributed by atoms with Gasteiger partial charge in [0.25, 0.3) is 0 Å². The van der Waals surface area contributed by atoms with Crippen LogP contribution in [0.5, 0.6) is 11.5 Å². The second-order valence-electron chi connectivity index (χ2n) is 7.80. The maximum atomic E-state index is 12.8. The van der Waals surface area contributed by atoms with Gasteiger partial charge in [-0.2, -0.15) is 8.42 Å². The standard InChI is InChI=1S/C24H35NO4S/c1-2-3-4-5-6-7-8-9-10-11-14-20-15-12-13-16-24(20)30(27,28)29-23-18-17-21(26)19-22(23)25/h12-13,15-19,26H,2-11,14,25H2,1H3. The Kier molecular flexibility index (Phi) is 10.0. The van der Waals surface area contributed by atoms with Gasteiger partial charge in [0, 0.05) is 6.07 Å². The third-order valence-electron chi connectivity index (χ3n) is 5.23. The summed E-state index contributed by atoms with van der Waals surface area (Å²) in [4.78, 5) is 0.174. The summed E-state index contributed by atoms with van der Waals surface area (Å²) < 4.78 is 30.9. The van der Waals surface area contributed by atoms with Crippen molar-refractivity contribution in [2.24, 2.45) is 0 Å². The van der Waals surface area contributed by atoms with Gasteiger partial charge >= 0.3 is 10.1 Å². The van der Waals surface area contributed by atoms with E-state index in [4.69, 9.17) is 9.92 Å². The summed E-state index contributed by atoms with van der Waals surface area (Å²) in [5.41, 5.74) is 6.60. The summed E-state index contributed by atoms with van der Waals surface area (Å²) in [7, 11) is -4.00. The third kappa shape index (κ3) is 7.90. The lowest BCUT2D eigenvalue weighted by molar-refractivity contribution is 0.469. The van der Waals surface area contributed by atoms with Crippen LogP contribution >= 0.6 is 0 Å². The predicted molar refractivity (Wildman–Crippen MR) is 122 cm³/mol. The normalized spacial score (nSPS) is 11.5. The Bertz CT molecular complexity index is 881. The number of unbranched alkanes of at least 4 members (excludes halogenated alkanes) is 9. The van der Waals surface area contributed by atoms with Crippen molar-refractivity contribution in [2.75, 3.05) is 5.73 Å². The van der Waals surface area contributed by atoms with E-state index >= 15 is 0 Å². The molecular weight excluding hydrogens is 398 g/mol. The van der Waals surface area contributed by atoms with E-state index < -0.39 is 10.1 Å². The fourth-order valence-electron chi connectivity index (χ4n) is 3.53. The number of phenolic OH excluding ortho intramolecular Hbond substituents is 1. The average molecular weight is 434 g/mol. The molecule has 5 nitrogen and oxygen atoms in total. The summed E-state index contributed by atoms with van der Waals surface area (Å²) in [6.07, 6.45) is 13.1. The van der Waals surface area contributed by atoms with Crippen molar-refractivity contribution in [2.45, 2.75) is 82.4 Å². The van der Waals surface area contributed by atoms with E-state index in [2.05, 4.69) is 6.92 Å². The molecule has 0 aromatic heterocycles. The number of anilines is 1. The van der Waals surface area contributed by atoms with Gasteiger partial charge in [-0.25, -0.2) is 0 Å². The van der Waals surface area contributed by atoms with E-state index in [-0.39, 0.29) is 22.1 Å². The molecule has 3 N–H and O–H groups in total. The first-order valence-electron chi connectivity index (χ1n) is 11.0. The smallest absolute Gasteiger partial charge is 0.339 e. The van der Waals surface area contributed by atoms with E-state index in [9.17, 15) is 13.5 Å². The Morgan fingerprint density at radius 2 is 1.47 bits per heavy atom. The van der Waals surface area contributed by atoms with Crippen LogP contribution in [0.15, 0.2) is 47.4 Å². The van der Waals surface area contributed by atoms with Crippen LogP contribution in [0.25, 0.3) is 0 Å². The maximum absolute atomic E-state index is 12.8. The number of aromatic hydroxyl groups is 1. The lowest BCUT2D eigenvalue weighted by atomic mass is 10.0. The molecule has 0 atom stereocenters. The SMILES string of the molecule is CCCCCCCCCCCCc1ccccc1S(=O)(=O)Oc1ccc(O)cc1N. The zero-order chi connectivity index (χ0) is 21.8. The van der Waals surface area contributed by atoms with E-state index in [1.807, 2.05) is 12.1 Å². The Labute approximate surface area is 181 Å². The predicted octanol–water partition coefficient (Wildman–Crippen LogP) is 6.21. The van der Waals surface area contributed by atoms with E-state index in [0.29, 0.717) is 6.42 Å². The molecule has 2 rings (SSSR count). The van der Waals surface area contributed by atoms with Gasteiger partial charge in [-0.3, -0.25) is 0 Å². The van der Waals surface area contributed by atoms with Gasteiger partial charge in [-0.05, 0) is 36.6 Å². The first-order valence-corrected chi connectivity index (χ1v) is 12.5. The van der Waals surface area contributed by atoms with Gasteiger partial charge in [-0.15, -0.1) is 0 Å². The van der Waals surface area contributed by atoms with Crippen LogP contribution in [0.1, 0.15) is 76.7 Å². The Morgan fingerprint density at radius 1 is 0.867 bits per heavy atom. The number of phenols is 1. The van der Waals surface area contributed by atoms with Crippen molar-refractivity contribution in [3.8, 4) is 11.5 Å². The zero-order valence-corrected chi connectivity index (χ0v) is 18.8. The van der Waals surface area contributed by atoms with Gasteiger partial charge in [-0.1, -0.05) is 82.9 Å². The Hall–Kier alpha value is -2.21. The molecule has 30 heavy (non-hydrogen) atoms. The number of aryl methyl sites for hydroxylation is 1. The summed E-state index contributed by atoms with van der Waals surface area (Å²) in [6.45, 7) is 2.23. The second kappa shape index (κ2) is 12.5. The quantitative estimate of drug-likeness (QED) is 0.210. The van der Waals surface area contributed by atoms with Gasteiger partial charge in [0.15, 0.2) is 5.75 Å². The largest absolute Gasteiger partial charge is 0.508 e. The molecule has 0 spiro atoms. The highest BCUT2D eigenvalue weighted by atomic mass is 32.2. The highest BCUT2D eigenvalue weighted by Gasteiger charge is 2.21. The molecule has 0 aliphatic heterocycles. The zero-order valence-electron chi connectivity index (χ0n) is 18.0. The number of benzene rings is 2. The second-order valence-corrected chi connectivity index (χ2v) is 9.31. The molecule has 0 saturated heterocycles. The first kappa shape index (κ1) is 24.1. The molecule has 6 heteroatoms. The van der Waals surface area contributed by atoms with Crippen LogP contribution < -0.4 is 9.92 Å². The fraction of sp³-hybridized carbons (Fsp3) is 0.500. The highest BCUT2D eigenvalue weighted by Crippen LogP contribution is 2.29. The first-order chi connectivity index (χ1) is 14.4. The molecule has 2 aromatic rings. The number of hydrogen-bond acceptors (Lipinski definition) is 5. The van der Waals surface area contributed by atoms with Crippen LogP contribution in [0.2, 0.25) is 0 Å². The molecular formula is C24H35NO4S. The van der Waals surface area contributed by atoms with E-state index in [1.165, 1.54) is 69.6 Å². The number of rotatable bonds is 14. The van der Waals surface area contributed by atoms with Crippen LogP contribution in [0.4, 0.5) is 5.69 Å². The van der Waals surface area contributed by atoms with Gasteiger partial charge in [0.2, 0.25) is 0 Å². The lowest BCUT2D eigenvalue weighted by Gasteiger charge is -2.13. The minimum absolute atomic E-state index is 0.0153. The highest BCUT2D eigenvalue weighted by molar-refractivity contribution is 7.87. The molecule has 166 valence electrons. The van der Waals surface area contributed by atoms with Crippen molar-refractivity contribution in [3.63, 3.8) is 0 Å². The minimum Gasteiger partial charge on any atom is -0.508 e. The van der Waals surface area contributed by atoms with Crippen LogP contribution in [-0.4, -0.2) is 13.5 Å². The molecule has 0 saturated carbocycles. The molecule has 0 heterocycles. The van der Waals surface area contributed by atoms with E-state index in [1.54, 1.807) is 12.1 Å². The topological polar surface area (TPSA) is 89.6 Å². The van der Waals surface area contributed by atoms with Crippen molar-refractivity contribution in [1.82, 2.24) is 0 Å². The molecule has 0 bridgehead atoms. The van der Waals surface area contributed by atoms with E-state index in [0.717, 1.165) is 18.4 Å². The van der Waals surface area contributed by atoms with Gasteiger partial charge in [0.1, 0.15) is 10.6 Å². The minimum atomic E-state index is -4.00. The molecule has 0 aliphatic carbocycles. The number of nitrogens with two attached hydrogens (primary N) is 1. The Morgan fingerprint density at radius 3 is 2.10 bits per heavy atom. The van der Waals surface area contributed by atoms with Gasteiger partial charge in [0.05, 0.1) is 5.69 Å². The maximum Gasteiger partial charge on any atom is 0.339 e. The molecule has 0 aliphatic rings. The summed E-state index contributed by atoms with van der Waals surface area (Å²) >= 11 is 0. The van der Waals surface area contributed by atoms with Crippen LogP contribution in [0.3, 0.4) is 0 Å². The Balaban J connectivity index is 1.85. The monoisotopic (exact) mass is 433 g/mol. The molecule has 2 aromatic carbocycles. The number of nitrogen functional groups attached to an aromatic ring is 1. The van der Waals surface area contributed by atoms with Crippen molar-refractivity contribution in [3.05, 3.63) is 48.0 Å². The average Bonchev–Trinajstić information content (AvgIpc) is 2.72. The van der Waals surface area contributed by atoms with Crippen molar-refractivity contribution in [1.29, 1.82) is 0 Å². The summed E-state index contributed by atoms with van der Waals surface area (Å²) in [6, 6.07) is 10.9. The van der Waals surface area contributed by atoms with Crippen molar-refractivity contribution < 1.29 is 17.7 Å². The summed E-state index contributed by atoms with van der Waals surface area (Å²) in [5.74, 6) is -0.0276. The van der Waals surface area contributed by atoms with Crippen LogP contribution in [-0.2, 0) is 16.5 Å². The lowest BCUT2D eigenvalue weighted by Crippen LogP contribution is -2.13. The van der Waals surface area contributed by atoms with Crippen molar-refractivity contribution >= 4 is 15.8 Å². The third-order valence-corrected chi connectivity index (χ3v) is 6.57. The fourth-order valence-corrected chi connectivity index (χ4v) is 4.75. The molecule has 0 radical (unpaired) electrons. The molecule has 0 unspecified atom stereocenters. The van der Waals surface area contributed by atoms with Gasteiger partial charge < -0.3 is 15.0 Å².